The van der Waals surface area contributed by atoms with Crippen molar-refractivity contribution in [2.45, 2.75) is 25.4 Å². The molecule has 0 radical (unpaired) electrons. The lowest BCUT2D eigenvalue weighted by molar-refractivity contribution is 0.620. The second-order valence-electron chi connectivity index (χ2n) is 6.87. The Kier molecular flexibility index (Phi) is 5.66. The molecular formula is C20H28N6. The molecule has 6 N–H and O–H groups in total. The zero-order valence-electron chi connectivity index (χ0n) is 15.0. The van der Waals surface area contributed by atoms with Gasteiger partial charge in [-0.25, -0.2) is 0 Å². The van der Waals surface area contributed by atoms with Gasteiger partial charge in [-0.15, -0.1) is 0 Å². The zero-order valence-corrected chi connectivity index (χ0v) is 15.0. The summed E-state index contributed by atoms with van der Waals surface area (Å²) in [6, 6.07) is 17.5. The van der Waals surface area contributed by atoms with Gasteiger partial charge in [0.05, 0.1) is 0 Å². The van der Waals surface area contributed by atoms with Crippen molar-refractivity contribution in [1.82, 2.24) is 21.3 Å². The van der Waals surface area contributed by atoms with Gasteiger partial charge in [0.25, 0.3) is 0 Å². The fraction of sp³-hybridized carbons (Fsp3) is 0.400. The third kappa shape index (κ3) is 4.74. The standard InChI is InChI=1S/C20H28N6/c1(15-3-7-17(8-4-15)25-19-21-11-12-22-19)2-16-5-9-18(10-6-16)26-20-23-13-14-24-20/h3-10,19-26H,1-2,11-14H2. The minimum Gasteiger partial charge on any atom is -0.358 e. The van der Waals surface area contributed by atoms with Crippen molar-refractivity contribution in [3.05, 3.63) is 59.7 Å². The first-order valence-corrected chi connectivity index (χ1v) is 9.50. The van der Waals surface area contributed by atoms with Crippen molar-refractivity contribution in [2.24, 2.45) is 0 Å². The van der Waals surface area contributed by atoms with E-state index in [9.17, 15) is 0 Å². The lowest BCUT2D eigenvalue weighted by Gasteiger charge is -2.15. The lowest BCUT2D eigenvalue weighted by Crippen LogP contribution is -2.38. The summed E-state index contributed by atoms with van der Waals surface area (Å²) >= 11 is 0. The Morgan fingerprint density at radius 3 is 1.27 bits per heavy atom. The van der Waals surface area contributed by atoms with Crippen LogP contribution in [-0.4, -0.2) is 38.8 Å². The van der Waals surface area contributed by atoms with Crippen LogP contribution >= 0.6 is 0 Å². The zero-order chi connectivity index (χ0) is 17.6. The van der Waals surface area contributed by atoms with Crippen LogP contribution in [0.4, 0.5) is 11.4 Å². The maximum Gasteiger partial charge on any atom is 0.132 e. The molecule has 0 bridgehead atoms. The highest BCUT2D eigenvalue weighted by Crippen LogP contribution is 2.15. The van der Waals surface area contributed by atoms with Crippen LogP contribution in [0.5, 0.6) is 0 Å². The average Bonchev–Trinajstić information content (AvgIpc) is 3.37. The number of benzene rings is 2. The summed E-state index contributed by atoms with van der Waals surface area (Å²) in [5, 5.41) is 20.3. The smallest absolute Gasteiger partial charge is 0.132 e. The van der Waals surface area contributed by atoms with Crippen molar-refractivity contribution in [2.75, 3.05) is 36.8 Å². The molecule has 138 valence electrons. The number of nitrogens with one attached hydrogen (secondary N) is 6. The lowest BCUT2D eigenvalue weighted by atomic mass is 10.0. The molecule has 2 aliphatic rings. The minimum atomic E-state index is 0.183. The summed E-state index contributed by atoms with van der Waals surface area (Å²) in [7, 11) is 0. The summed E-state index contributed by atoms with van der Waals surface area (Å²) in [4.78, 5) is 0. The molecular weight excluding hydrogens is 324 g/mol. The van der Waals surface area contributed by atoms with Gasteiger partial charge >= 0.3 is 0 Å². The molecule has 2 heterocycles. The van der Waals surface area contributed by atoms with Gasteiger partial charge in [0, 0.05) is 37.6 Å². The van der Waals surface area contributed by atoms with E-state index >= 15 is 0 Å². The Morgan fingerprint density at radius 1 is 0.577 bits per heavy atom. The number of anilines is 2. The van der Waals surface area contributed by atoms with Gasteiger partial charge in [-0.05, 0) is 48.2 Å². The van der Waals surface area contributed by atoms with E-state index in [1.807, 2.05) is 0 Å². The maximum absolute atomic E-state index is 3.44. The second kappa shape index (κ2) is 8.51. The van der Waals surface area contributed by atoms with Gasteiger partial charge in [-0.2, -0.15) is 0 Å². The molecule has 0 unspecified atom stereocenters. The maximum atomic E-state index is 3.44. The number of aryl methyl sites for hydroxylation is 2. The summed E-state index contributed by atoms with van der Waals surface area (Å²) in [5.41, 5.74) is 5.02. The van der Waals surface area contributed by atoms with Crippen LogP contribution in [0.1, 0.15) is 11.1 Å². The van der Waals surface area contributed by atoms with Crippen molar-refractivity contribution < 1.29 is 0 Å². The normalized spacial score (nSPS) is 18.3. The van der Waals surface area contributed by atoms with Crippen LogP contribution in [-0.2, 0) is 12.8 Å². The average molecular weight is 352 g/mol. The second-order valence-corrected chi connectivity index (χ2v) is 6.87. The van der Waals surface area contributed by atoms with E-state index in [0.29, 0.717) is 0 Å². The van der Waals surface area contributed by atoms with E-state index in [4.69, 9.17) is 0 Å². The SMILES string of the molecule is c1cc(NC2NCCN2)ccc1CCc1ccc(NC2NCCN2)cc1. The molecule has 2 aromatic rings. The molecule has 6 nitrogen and oxygen atoms in total. The minimum absolute atomic E-state index is 0.183. The molecule has 0 spiro atoms. The van der Waals surface area contributed by atoms with Crippen molar-refractivity contribution >= 4 is 11.4 Å². The summed E-state index contributed by atoms with van der Waals surface area (Å²) < 4.78 is 0. The topological polar surface area (TPSA) is 72.2 Å². The molecule has 2 saturated heterocycles. The Balaban J connectivity index is 1.25. The third-order valence-electron chi connectivity index (χ3n) is 4.88. The predicted molar refractivity (Wildman–Crippen MR) is 107 cm³/mol. The molecule has 4 rings (SSSR count). The van der Waals surface area contributed by atoms with Crippen molar-refractivity contribution in [1.29, 1.82) is 0 Å². The van der Waals surface area contributed by atoms with Crippen LogP contribution in [0.3, 0.4) is 0 Å². The van der Waals surface area contributed by atoms with E-state index in [-0.39, 0.29) is 12.6 Å². The number of hydrogen-bond donors (Lipinski definition) is 6. The Morgan fingerprint density at radius 2 is 0.923 bits per heavy atom. The van der Waals surface area contributed by atoms with Crippen molar-refractivity contribution in [3.8, 4) is 0 Å². The van der Waals surface area contributed by atoms with Crippen LogP contribution in [0.25, 0.3) is 0 Å². The van der Waals surface area contributed by atoms with Crippen LogP contribution in [0.15, 0.2) is 48.5 Å². The monoisotopic (exact) mass is 352 g/mol. The van der Waals surface area contributed by atoms with Gasteiger partial charge in [0.1, 0.15) is 12.6 Å². The van der Waals surface area contributed by atoms with E-state index in [0.717, 1.165) is 50.4 Å². The predicted octanol–water partition coefficient (Wildman–Crippen LogP) is 1.25. The van der Waals surface area contributed by atoms with Gasteiger partial charge in [-0.3, -0.25) is 21.3 Å². The molecule has 0 amide bonds. The largest absolute Gasteiger partial charge is 0.358 e. The fourth-order valence-electron chi connectivity index (χ4n) is 3.37. The summed E-state index contributed by atoms with van der Waals surface area (Å²) in [6.07, 6.45) is 2.47. The molecule has 2 fully saturated rings. The van der Waals surface area contributed by atoms with E-state index in [2.05, 4.69) is 80.4 Å². The van der Waals surface area contributed by atoms with Crippen LogP contribution < -0.4 is 31.9 Å². The Labute approximate surface area is 155 Å². The molecule has 2 aliphatic heterocycles. The van der Waals surface area contributed by atoms with Gasteiger partial charge in [-0.1, -0.05) is 24.3 Å². The van der Waals surface area contributed by atoms with Crippen LogP contribution in [0.2, 0.25) is 0 Å². The molecule has 26 heavy (non-hydrogen) atoms. The first kappa shape index (κ1) is 17.3. The highest BCUT2D eigenvalue weighted by molar-refractivity contribution is 5.47. The van der Waals surface area contributed by atoms with Gasteiger partial charge in [0.2, 0.25) is 0 Å². The molecule has 0 aromatic heterocycles. The summed E-state index contributed by atoms with van der Waals surface area (Å²) in [5.74, 6) is 0. The highest BCUT2D eigenvalue weighted by atomic mass is 15.3. The van der Waals surface area contributed by atoms with Gasteiger partial charge < -0.3 is 10.6 Å². The highest BCUT2D eigenvalue weighted by Gasteiger charge is 2.12. The van der Waals surface area contributed by atoms with E-state index in [1.165, 1.54) is 11.1 Å². The van der Waals surface area contributed by atoms with E-state index < -0.39 is 0 Å². The van der Waals surface area contributed by atoms with Gasteiger partial charge in [0.15, 0.2) is 0 Å². The Bertz CT molecular complexity index is 611. The molecule has 0 aliphatic carbocycles. The van der Waals surface area contributed by atoms with Crippen LogP contribution in [0, 0.1) is 0 Å². The molecule has 2 aromatic carbocycles. The number of hydrogen-bond acceptors (Lipinski definition) is 6. The fourth-order valence-corrected chi connectivity index (χ4v) is 3.37. The first-order valence-electron chi connectivity index (χ1n) is 9.50. The first-order chi connectivity index (χ1) is 12.8. The Hall–Kier alpha value is -2.12. The third-order valence-corrected chi connectivity index (χ3v) is 4.88. The van der Waals surface area contributed by atoms with Crippen molar-refractivity contribution in [3.63, 3.8) is 0 Å². The molecule has 0 saturated carbocycles. The quantitative estimate of drug-likeness (QED) is 0.451. The molecule has 0 atom stereocenters. The summed E-state index contributed by atoms with van der Waals surface area (Å²) in [6.45, 7) is 4.05. The number of rotatable bonds is 7. The van der Waals surface area contributed by atoms with E-state index in [1.54, 1.807) is 0 Å². The molecule has 6 heteroatoms.